The maximum atomic E-state index is 12.3. The summed E-state index contributed by atoms with van der Waals surface area (Å²) >= 11 is 0. The molecular formula is C11H19N5O2S. The molecule has 0 atom stereocenters. The Morgan fingerprint density at radius 2 is 1.79 bits per heavy atom. The van der Waals surface area contributed by atoms with Gasteiger partial charge in [0.05, 0.1) is 12.4 Å². The van der Waals surface area contributed by atoms with Crippen LogP contribution in [0.1, 0.15) is 39.0 Å². The molecule has 1 aliphatic rings. The lowest BCUT2D eigenvalue weighted by molar-refractivity contribution is 0.294. The van der Waals surface area contributed by atoms with E-state index in [2.05, 4.69) is 20.1 Å². The second-order valence-electron chi connectivity index (χ2n) is 5.11. The molecule has 0 bridgehead atoms. The van der Waals surface area contributed by atoms with E-state index < -0.39 is 10.0 Å². The van der Waals surface area contributed by atoms with Crippen LogP contribution in [-0.2, 0) is 10.0 Å². The number of rotatable bonds is 4. The third kappa shape index (κ3) is 3.40. The summed E-state index contributed by atoms with van der Waals surface area (Å²) in [5.41, 5.74) is 1.88. The minimum atomic E-state index is -3.59. The molecule has 0 amide bonds. The van der Waals surface area contributed by atoms with Gasteiger partial charge in [-0.3, -0.25) is 5.43 Å². The largest absolute Gasteiger partial charge is 0.292 e. The van der Waals surface area contributed by atoms with Gasteiger partial charge >= 0.3 is 0 Å². The molecule has 0 unspecified atom stereocenters. The molecule has 106 valence electrons. The second kappa shape index (κ2) is 5.40. The van der Waals surface area contributed by atoms with E-state index in [1.165, 1.54) is 12.4 Å². The molecule has 1 aliphatic carbocycles. The topological polar surface area (TPSA) is 110 Å². The fourth-order valence-electron chi connectivity index (χ4n) is 2.35. The van der Waals surface area contributed by atoms with Crippen molar-refractivity contribution in [3.63, 3.8) is 0 Å². The third-order valence-electron chi connectivity index (χ3n) is 3.41. The Kier molecular flexibility index (Phi) is 4.02. The summed E-state index contributed by atoms with van der Waals surface area (Å²) in [7, 11) is -3.59. The van der Waals surface area contributed by atoms with Crippen LogP contribution in [0.3, 0.4) is 0 Å². The van der Waals surface area contributed by atoms with Crippen molar-refractivity contribution in [2.75, 3.05) is 5.43 Å². The molecule has 19 heavy (non-hydrogen) atoms. The first kappa shape index (κ1) is 14.2. The molecular weight excluding hydrogens is 266 g/mol. The Labute approximate surface area is 113 Å². The standard InChI is InChI=1S/C11H19N5O2S/c1-11(5-3-2-4-6-11)16-19(17,18)9-7-13-10(15-12)14-8-9/h7-8,16H,2-6,12H2,1H3,(H,13,14,15). The monoisotopic (exact) mass is 285 g/mol. The second-order valence-corrected chi connectivity index (χ2v) is 6.80. The van der Waals surface area contributed by atoms with Crippen molar-refractivity contribution in [3.05, 3.63) is 12.4 Å². The zero-order chi connectivity index (χ0) is 13.9. The number of nitrogen functional groups attached to an aromatic ring is 1. The fourth-order valence-corrected chi connectivity index (χ4v) is 3.70. The Morgan fingerprint density at radius 1 is 1.21 bits per heavy atom. The van der Waals surface area contributed by atoms with Crippen LogP contribution < -0.4 is 16.0 Å². The lowest BCUT2D eigenvalue weighted by Gasteiger charge is -2.33. The van der Waals surface area contributed by atoms with Gasteiger partial charge in [-0.2, -0.15) is 0 Å². The molecule has 0 saturated heterocycles. The number of nitrogens with two attached hydrogens (primary N) is 1. The summed E-state index contributed by atoms with van der Waals surface area (Å²) < 4.78 is 27.3. The van der Waals surface area contributed by atoms with E-state index in [1.807, 2.05) is 6.92 Å². The van der Waals surface area contributed by atoms with E-state index in [9.17, 15) is 8.42 Å². The average molecular weight is 285 g/mol. The van der Waals surface area contributed by atoms with Crippen LogP contribution in [0.15, 0.2) is 17.3 Å². The lowest BCUT2D eigenvalue weighted by atomic mass is 9.84. The number of hydrazine groups is 1. The summed E-state index contributed by atoms with van der Waals surface area (Å²) in [6.07, 6.45) is 7.47. The van der Waals surface area contributed by atoms with Crippen LogP contribution in [0.4, 0.5) is 5.95 Å². The van der Waals surface area contributed by atoms with Crippen molar-refractivity contribution in [3.8, 4) is 0 Å². The van der Waals surface area contributed by atoms with Gasteiger partial charge in [-0.05, 0) is 19.8 Å². The average Bonchev–Trinajstić information content (AvgIpc) is 2.38. The first-order valence-corrected chi connectivity index (χ1v) is 7.76. The van der Waals surface area contributed by atoms with Crippen molar-refractivity contribution >= 4 is 16.0 Å². The van der Waals surface area contributed by atoms with Crippen LogP contribution in [0.2, 0.25) is 0 Å². The minimum absolute atomic E-state index is 0.0540. The Balaban J connectivity index is 2.17. The zero-order valence-electron chi connectivity index (χ0n) is 10.9. The van der Waals surface area contributed by atoms with Crippen molar-refractivity contribution in [1.82, 2.24) is 14.7 Å². The third-order valence-corrected chi connectivity index (χ3v) is 5.00. The number of anilines is 1. The first-order valence-electron chi connectivity index (χ1n) is 6.28. The van der Waals surface area contributed by atoms with E-state index in [0.29, 0.717) is 0 Å². The highest BCUT2D eigenvalue weighted by molar-refractivity contribution is 7.89. The van der Waals surface area contributed by atoms with Gasteiger partial charge < -0.3 is 0 Å². The number of hydrogen-bond donors (Lipinski definition) is 3. The minimum Gasteiger partial charge on any atom is -0.292 e. The maximum absolute atomic E-state index is 12.3. The lowest BCUT2D eigenvalue weighted by Crippen LogP contribution is -2.47. The fraction of sp³-hybridized carbons (Fsp3) is 0.636. The van der Waals surface area contributed by atoms with Crippen molar-refractivity contribution in [2.45, 2.75) is 49.5 Å². The molecule has 1 fully saturated rings. The summed E-state index contributed by atoms with van der Waals surface area (Å²) in [5.74, 6) is 5.32. The predicted octanol–water partition coefficient (Wildman–Crippen LogP) is 0.763. The molecule has 2 rings (SSSR count). The molecule has 0 radical (unpaired) electrons. The summed E-state index contributed by atoms with van der Waals surface area (Å²) in [6.45, 7) is 1.94. The molecule has 1 aromatic heterocycles. The highest BCUT2D eigenvalue weighted by Crippen LogP contribution is 2.29. The number of sulfonamides is 1. The Bertz CT molecular complexity index is 523. The van der Waals surface area contributed by atoms with Gasteiger partial charge in [0.1, 0.15) is 4.90 Å². The molecule has 7 nitrogen and oxygen atoms in total. The number of nitrogens with one attached hydrogen (secondary N) is 2. The van der Waals surface area contributed by atoms with E-state index in [-0.39, 0.29) is 16.4 Å². The molecule has 1 heterocycles. The highest BCUT2D eigenvalue weighted by atomic mass is 32.2. The van der Waals surface area contributed by atoms with Gasteiger partial charge in [-0.1, -0.05) is 19.3 Å². The van der Waals surface area contributed by atoms with Gasteiger partial charge in [0.2, 0.25) is 16.0 Å². The number of nitrogens with zero attached hydrogens (tertiary/aromatic N) is 2. The van der Waals surface area contributed by atoms with Crippen LogP contribution in [0.5, 0.6) is 0 Å². The molecule has 0 aromatic carbocycles. The Hall–Kier alpha value is -1.25. The van der Waals surface area contributed by atoms with Crippen LogP contribution >= 0.6 is 0 Å². The van der Waals surface area contributed by atoms with Crippen LogP contribution in [0, 0.1) is 0 Å². The molecule has 0 spiro atoms. The highest BCUT2D eigenvalue weighted by Gasteiger charge is 2.32. The number of hydrogen-bond acceptors (Lipinski definition) is 6. The van der Waals surface area contributed by atoms with Crippen molar-refractivity contribution in [1.29, 1.82) is 0 Å². The van der Waals surface area contributed by atoms with Crippen molar-refractivity contribution < 1.29 is 8.42 Å². The van der Waals surface area contributed by atoms with E-state index in [1.54, 1.807) is 0 Å². The van der Waals surface area contributed by atoms with E-state index in [0.717, 1.165) is 32.1 Å². The first-order chi connectivity index (χ1) is 8.95. The molecule has 8 heteroatoms. The van der Waals surface area contributed by atoms with Gasteiger partial charge in [0.25, 0.3) is 0 Å². The predicted molar refractivity (Wildman–Crippen MR) is 71.7 cm³/mol. The van der Waals surface area contributed by atoms with Crippen LogP contribution in [-0.4, -0.2) is 23.9 Å². The van der Waals surface area contributed by atoms with Gasteiger partial charge in [-0.15, -0.1) is 0 Å². The molecule has 0 aliphatic heterocycles. The summed E-state index contributed by atoms with van der Waals surface area (Å²) in [5, 5.41) is 0. The molecule has 1 saturated carbocycles. The Morgan fingerprint density at radius 3 is 2.32 bits per heavy atom. The molecule has 4 N–H and O–H groups in total. The summed E-state index contributed by atoms with van der Waals surface area (Å²) in [4.78, 5) is 7.68. The molecule has 1 aromatic rings. The quantitative estimate of drug-likeness (QED) is 0.556. The van der Waals surface area contributed by atoms with Crippen LogP contribution in [0.25, 0.3) is 0 Å². The number of aromatic nitrogens is 2. The van der Waals surface area contributed by atoms with Gasteiger partial charge in [-0.25, -0.2) is 29.0 Å². The van der Waals surface area contributed by atoms with Gasteiger partial charge in [0, 0.05) is 5.54 Å². The van der Waals surface area contributed by atoms with Gasteiger partial charge in [0.15, 0.2) is 0 Å². The maximum Gasteiger partial charge on any atom is 0.244 e. The SMILES string of the molecule is CC1(NS(=O)(=O)c2cnc(NN)nc2)CCCCC1. The van der Waals surface area contributed by atoms with Crippen molar-refractivity contribution in [2.24, 2.45) is 5.84 Å². The van der Waals surface area contributed by atoms with E-state index in [4.69, 9.17) is 5.84 Å². The van der Waals surface area contributed by atoms with E-state index >= 15 is 0 Å². The summed E-state index contributed by atoms with van der Waals surface area (Å²) in [6, 6.07) is 0. The normalized spacial score (nSPS) is 19.1. The zero-order valence-corrected chi connectivity index (χ0v) is 11.7. The smallest absolute Gasteiger partial charge is 0.244 e.